The quantitative estimate of drug-likeness (QED) is 0.897. The van der Waals surface area contributed by atoms with E-state index >= 15 is 0 Å². The molecule has 2 heterocycles. The number of hydrogen-bond donors (Lipinski definition) is 1. The molecule has 0 saturated carbocycles. The molecule has 5 heteroatoms. The van der Waals surface area contributed by atoms with Crippen LogP contribution in [0, 0.1) is 0 Å². The number of rotatable bonds is 5. The van der Waals surface area contributed by atoms with E-state index in [0.717, 1.165) is 36.3 Å². The number of nitrogens with two attached hydrogens (primary N) is 1. The van der Waals surface area contributed by atoms with Crippen molar-refractivity contribution >= 4 is 27.3 Å². The van der Waals surface area contributed by atoms with Crippen LogP contribution in [-0.4, -0.2) is 25.4 Å². The van der Waals surface area contributed by atoms with Crippen molar-refractivity contribution in [1.29, 1.82) is 0 Å². The van der Waals surface area contributed by atoms with E-state index in [1.807, 2.05) is 0 Å². The lowest BCUT2D eigenvalue weighted by molar-refractivity contribution is -0.0766. The third-order valence-corrected chi connectivity index (χ3v) is 4.93. The minimum absolute atomic E-state index is 0.00870. The fraction of sp³-hybridized carbons (Fsp3) is 0.692. The van der Waals surface area contributed by atoms with Crippen molar-refractivity contribution in [2.75, 3.05) is 13.2 Å². The highest BCUT2D eigenvalue weighted by atomic mass is 79.9. The molecule has 1 aromatic heterocycles. The van der Waals surface area contributed by atoms with E-state index in [-0.39, 0.29) is 18.2 Å². The Morgan fingerprint density at radius 1 is 1.50 bits per heavy atom. The first kappa shape index (κ1) is 14.5. The predicted octanol–water partition coefficient (Wildman–Crippen LogP) is 3.48. The first-order valence-electron chi connectivity index (χ1n) is 6.44. The van der Waals surface area contributed by atoms with Crippen molar-refractivity contribution in [2.45, 2.75) is 44.4 Å². The zero-order chi connectivity index (χ0) is 13.0. The molecular weight excluding hydrogens is 314 g/mol. The van der Waals surface area contributed by atoms with Crippen molar-refractivity contribution < 1.29 is 9.47 Å². The van der Waals surface area contributed by atoms with E-state index < -0.39 is 0 Å². The smallest absolute Gasteiger partial charge is 0.107 e. The number of thiophene rings is 1. The van der Waals surface area contributed by atoms with E-state index in [1.165, 1.54) is 4.88 Å². The van der Waals surface area contributed by atoms with Gasteiger partial charge in [0.2, 0.25) is 0 Å². The summed E-state index contributed by atoms with van der Waals surface area (Å²) in [6.45, 7) is 3.70. The van der Waals surface area contributed by atoms with Gasteiger partial charge in [-0.1, -0.05) is 6.92 Å². The topological polar surface area (TPSA) is 44.5 Å². The van der Waals surface area contributed by atoms with Gasteiger partial charge in [-0.05, 0) is 47.3 Å². The normalized spacial score (nSPS) is 20.8. The summed E-state index contributed by atoms with van der Waals surface area (Å²) in [5, 5.41) is 0. The Balaban J connectivity index is 2.04. The zero-order valence-electron chi connectivity index (χ0n) is 10.6. The largest absolute Gasteiger partial charge is 0.381 e. The van der Waals surface area contributed by atoms with E-state index in [9.17, 15) is 0 Å². The number of halogens is 1. The van der Waals surface area contributed by atoms with Crippen LogP contribution >= 0.6 is 27.3 Å². The highest BCUT2D eigenvalue weighted by Gasteiger charge is 2.26. The summed E-state index contributed by atoms with van der Waals surface area (Å²) in [5.41, 5.74) is 6.21. The maximum atomic E-state index is 6.23. The van der Waals surface area contributed by atoms with Gasteiger partial charge < -0.3 is 15.2 Å². The number of hydrogen-bond acceptors (Lipinski definition) is 4. The number of ether oxygens (including phenoxy) is 2. The van der Waals surface area contributed by atoms with E-state index in [2.05, 4.69) is 35.0 Å². The molecule has 18 heavy (non-hydrogen) atoms. The fourth-order valence-electron chi connectivity index (χ4n) is 2.09. The van der Waals surface area contributed by atoms with Gasteiger partial charge in [0.1, 0.15) is 6.10 Å². The Morgan fingerprint density at radius 2 is 2.22 bits per heavy atom. The Morgan fingerprint density at radius 3 is 2.78 bits per heavy atom. The fourth-order valence-corrected chi connectivity index (χ4v) is 3.63. The molecule has 102 valence electrons. The second-order valence-corrected chi connectivity index (χ2v) is 7.08. The Labute approximate surface area is 121 Å². The molecule has 1 saturated heterocycles. The van der Waals surface area contributed by atoms with Gasteiger partial charge in [-0.15, -0.1) is 11.3 Å². The average Bonchev–Trinajstić information content (AvgIpc) is 2.83. The molecule has 1 aliphatic rings. The maximum absolute atomic E-state index is 6.23. The van der Waals surface area contributed by atoms with Gasteiger partial charge in [-0.25, -0.2) is 0 Å². The van der Waals surface area contributed by atoms with E-state index in [0.29, 0.717) is 0 Å². The molecule has 0 radical (unpaired) electrons. The third kappa shape index (κ3) is 3.78. The van der Waals surface area contributed by atoms with Crippen LogP contribution in [0.15, 0.2) is 15.9 Å². The standard InChI is InChI=1S/C13H20BrNO2S/c1-2-10(15)13(11-3-4-12(14)18-11)17-9-5-7-16-8-6-9/h3-4,9-10,13H,2,5-8,15H2,1H3. The summed E-state index contributed by atoms with van der Waals surface area (Å²) in [4.78, 5) is 1.21. The lowest BCUT2D eigenvalue weighted by Gasteiger charge is -2.30. The zero-order valence-corrected chi connectivity index (χ0v) is 13.0. The van der Waals surface area contributed by atoms with Gasteiger partial charge in [-0.3, -0.25) is 0 Å². The summed E-state index contributed by atoms with van der Waals surface area (Å²) in [6.07, 6.45) is 3.15. The molecule has 0 aromatic carbocycles. The van der Waals surface area contributed by atoms with Gasteiger partial charge in [0.25, 0.3) is 0 Å². The molecule has 0 bridgehead atoms. The first-order chi connectivity index (χ1) is 8.70. The molecule has 2 N–H and O–H groups in total. The summed E-state index contributed by atoms with van der Waals surface area (Å²) in [7, 11) is 0. The molecular formula is C13H20BrNO2S. The second-order valence-electron chi connectivity index (χ2n) is 4.58. The SMILES string of the molecule is CCC(N)C(OC1CCOCC1)c1ccc(Br)s1. The third-order valence-electron chi connectivity index (χ3n) is 3.24. The summed E-state index contributed by atoms with van der Waals surface area (Å²) < 4.78 is 12.7. The van der Waals surface area contributed by atoms with Gasteiger partial charge in [-0.2, -0.15) is 0 Å². The van der Waals surface area contributed by atoms with Crippen molar-refractivity contribution in [2.24, 2.45) is 5.73 Å². The van der Waals surface area contributed by atoms with Gasteiger partial charge in [0.05, 0.1) is 9.89 Å². The van der Waals surface area contributed by atoms with Gasteiger partial charge in [0.15, 0.2) is 0 Å². The van der Waals surface area contributed by atoms with E-state index in [4.69, 9.17) is 15.2 Å². The molecule has 2 atom stereocenters. The summed E-state index contributed by atoms with van der Waals surface area (Å²) in [6, 6.07) is 4.22. The van der Waals surface area contributed by atoms with Crippen LogP contribution in [0.5, 0.6) is 0 Å². The maximum Gasteiger partial charge on any atom is 0.107 e. The summed E-state index contributed by atoms with van der Waals surface area (Å²) in [5.74, 6) is 0. The highest BCUT2D eigenvalue weighted by molar-refractivity contribution is 9.11. The Hall–Kier alpha value is 0.0600. The van der Waals surface area contributed by atoms with Gasteiger partial charge >= 0.3 is 0 Å². The Kier molecular flexibility index (Phi) is 5.63. The molecule has 0 aliphatic carbocycles. The highest BCUT2D eigenvalue weighted by Crippen LogP contribution is 2.33. The van der Waals surface area contributed by atoms with Crippen LogP contribution in [0.25, 0.3) is 0 Å². The molecule has 2 unspecified atom stereocenters. The van der Waals surface area contributed by atoms with E-state index in [1.54, 1.807) is 11.3 Å². The molecule has 0 amide bonds. The minimum Gasteiger partial charge on any atom is -0.381 e. The molecule has 1 aromatic rings. The van der Waals surface area contributed by atoms with Gasteiger partial charge in [0, 0.05) is 24.1 Å². The van der Waals surface area contributed by atoms with Crippen molar-refractivity contribution in [3.63, 3.8) is 0 Å². The molecule has 0 spiro atoms. The molecule has 3 nitrogen and oxygen atoms in total. The molecule has 1 fully saturated rings. The van der Waals surface area contributed by atoms with Crippen LogP contribution in [0.2, 0.25) is 0 Å². The van der Waals surface area contributed by atoms with Crippen LogP contribution in [0.3, 0.4) is 0 Å². The van der Waals surface area contributed by atoms with Crippen molar-refractivity contribution in [1.82, 2.24) is 0 Å². The van der Waals surface area contributed by atoms with Crippen LogP contribution in [0.4, 0.5) is 0 Å². The van der Waals surface area contributed by atoms with Crippen LogP contribution in [0.1, 0.15) is 37.2 Å². The predicted molar refractivity (Wildman–Crippen MR) is 78.0 cm³/mol. The first-order valence-corrected chi connectivity index (χ1v) is 8.05. The summed E-state index contributed by atoms with van der Waals surface area (Å²) >= 11 is 5.21. The molecule has 2 rings (SSSR count). The second kappa shape index (κ2) is 7.01. The Bertz CT molecular complexity index is 366. The lowest BCUT2D eigenvalue weighted by atomic mass is 10.1. The lowest BCUT2D eigenvalue weighted by Crippen LogP contribution is -2.34. The van der Waals surface area contributed by atoms with Crippen LogP contribution < -0.4 is 5.73 Å². The van der Waals surface area contributed by atoms with Crippen molar-refractivity contribution in [3.05, 3.63) is 20.8 Å². The average molecular weight is 334 g/mol. The van der Waals surface area contributed by atoms with Crippen LogP contribution in [-0.2, 0) is 9.47 Å². The van der Waals surface area contributed by atoms with Crippen molar-refractivity contribution in [3.8, 4) is 0 Å². The monoisotopic (exact) mass is 333 g/mol. The molecule has 1 aliphatic heterocycles. The minimum atomic E-state index is 0.00870.